The molecule has 5 heteroatoms. The second-order valence-corrected chi connectivity index (χ2v) is 5.64. The smallest absolute Gasteiger partial charge is 0.255 e. The van der Waals surface area contributed by atoms with Crippen LogP contribution in [0.4, 0.5) is 5.69 Å². The number of primary amides is 1. The summed E-state index contributed by atoms with van der Waals surface area (Å²) in [5, 5.41) is 3.56. The molecule has 2 fully saturated rings. The van der Waals surface area contributed by atoms with Gasteiger partial charge in [-0.15, -0.1) is 0 Å². The summed E-state index contributed by atoms with van der Waals surface area (Å²) in [5.74, 6) is 0.207. The molecule has 1 aliphatic heterocycles. The van der Waals surface area contributed by atoms with Gasteiger partial charge in [-0.05, 0) is 43.5 Å². The van der Waals surface area contributed by atoms with Crippen molar-refractivity contribution in [1.82, 2.24) is 4.90 Å². The van der Waals surface area contributed by atoms with E-state index in [1.807, 2.05) is 24.3 Å². The maximum absolute atomic E-state index is 10.6. The second kappa shape index (κ2) is 5.71. The number of rotatable bonds is 6. The number of nitrogens with one attached hydrogen (secondary N) is 1. The van der Waals surface area contributed by atoms with Gasteiger partial charge in [0.25, 0.3) is 5.91 Å². The summed E-state index contributed by atoms with van der Waals surface area (Å²) in [7, 11) is 0. The number of hydrogen-bond donors (Lipinski definition) is 2. The average molecular weight is 275 g/mol. The van der Waals surface area contributed by atoms with Gasteiger partial charge in [-0.1, -0.05) is 0 Å². The molecule has 0 spiro atoms. The van der Waals surface area contributed by atoms with Gasteiger partial charge in [-0.3, -0.25) is 9.69 Å². The van der Waals surface area contributed by atoms with Gasteiger partial charge in [0.2, 0.25) is 0 Å². The van der Waals surface area contributed by atoms with Crippen LogP contribution in [0.15, 0.2) is 24.3 Å². The Labute approximate surface area is 119 Å². The van der Waals surface area contributed by atoms with Gasteiger partial charge in [-0.2, -0.15) is 0 Å². The normalized spacial score (nSPS) is 22.7. The Morgan fingerprint density at radius 1 is 1.30 bits per heavy atom. The third-order valence-corrected chi connectivity index (χ3v) is 3.89. The lowest BCUT2D eigenvalue weighted by atomic mass is 10.2. The minimum absolute atomic E-state index is 0.0776. The van der Waals surface area contributed by atoms with E-state index in [0.717, 1.165) is 18.3 Å². The molecule has 1 unspecified atom stereocenters. The summed E-state index contributed by atoms with van der Waals surface area (Å²) in [4.78, 5) is 13.2. The highest BCUT2D eigenvalue weighted by Crippen LogP contribution is 2.30. The van der Waals surface area contributed by atoms with Crippen LogP contribution in [-0.2, 0) is 4.79 Å². The first kappa shape index (κ1) is 13.2. The largest absolute Gasteiger partial charge is 0.484 e. The van der Waals surface area contributed by atoms with E-state index in [1.165, 1.54) is 25.8 Å². The maximum Gasteiger partial charge on any atom is 0.255 e. The van der Waals surface area contributed by atoms with Crippen molar-refractivity contribution in [2.45, 2.75) is 31.3 Å². The van der Waals surface area contributed by atoms with Gasteiger partial charge >= 0.3 is 0 Å². The molecule has 1 saturated heterocycles. The lowest BCUT2D eigenvalue weighted by Crippen LogP contribution is -2.27. The number of hydrogen-bond acceptors (Lipinski definition) is 4. The van der Waals surface area contributed by atoms with Crippen LogP contribution in [0, 0.1) is 0 Å². The maximum atomic E-state index is 10.6. The lowest BCUT2D eigenvalue weighted by molar-refractivity contribution is -0.119. The zero-order valence-corrected chi connectivity index (χ0v) is 11.5. The van der Waals surface area contributed by atoms with Crippen LogP contribution in [0.1, 0.15) is 19.3 Å². The van der Waals surface area contributed by atoms with E-state index in [2.05, 4.69) is 10.2 Å². The molecular weight excluding hydrogens is 254 g/mol. The first-order chi connectivity index (χ1) is 9.70. The zero-order chi connectivity index (χ0) is 13.9. The topological polar surface area (TPSA) is 67.6 Å². The predicted molar refractivity (Wildman–Crippen MR) is 77.8 cm³/mol. The minimum Gasteiger partial charge on any atom is -0.484 e. The van der Waals surface area contributed by atoms with E-state index in [9.17, 15) is 4.79 Å². The Morgan fingerprint density at radius 3 is 2.70 bits per heavy atom. The van der Waals surface area contributed by atoms with Crippen molar-refractivity contribution in [3.63, 3.8) is 0 Å². The number of benzene rings is 1. The number of carbonyl (C=O) groups is 1. The number of carbonyl (C=O) groups excluding carboxylic acids is 1. The molecule has 2 aliphatic rings. The molecule has 1 heterocycles. The van der Waals surface area contributed by atoms with Gasteiger partial charge < -0.3 is 15.8 Å². The van der Waals surface area contributed by atoms with Crippen LogP contribution in [0.3, 0.4) is 0 Å². The van der Waals surface area contributed by atoms with Crippen LogP contribution < -0.4 is 15.8 Å². The molecule has 0 radical (unpaired) electrons. The first-order valence-electron chi connectivity index (χ1n) is 7.22. The summed E-state index contributed by atoms with van der Waals surface area (Å²) < 4.78 is 5.24. The van der Waals surface area contributed by atoms with E-state index < -0.39 is 5.91 Å². The van der Waals surface area contributed by atoms with Crippen LogP contribution >= 0.6 is 0 Å². The lowest BCUT2D eigenvalue weighted by Gasteiger charge is -2.16. The fourth-order valence-corrected chi connectivity index (χ4v) is 2.71. The fourth-order valence-electron chi connectivity index (χ4n) is 2.71. The molecule has 3 N–H and O–H groups in total. The molecule has 20 heavy (non-hydrogen) atoms. The molecule has 3 rings (SSSR count). The van der Waals surface area contributed by atoms with Crippen LogP contribution in [0.25, 0.3) is 0 Å². The van der Waals surface area contributed by atoms with Crippen molar-refractivity contribution in [2.24, 2.45) is 5.73 Å². The van der Waals surface area contributed by atoms with Gasteiger partial charge in [0, 0.05) is 30.9 Å². The van der Waals surface area contributed by atoms with Crippen molar-refractivity contribution < 1.29 is 9.53 Å². The number of nitrogens with two attached hydrogens (primary N) is 1. The minimum atomic E-state index is -0.460. The quantitative estimate of drug-likeness (QED) is 0.818. The first-order valence-corrected chi connectivity index (χ1v) is 7.22. The highest BCUT2D eigenvalue weighted by atomic mass is 16.5. The fraction of sp³-hybridized carbons (Fsp3) is 0.533. The summed E-state index contributed by atoms with van der Waals surface area (Å²) in [6, 6.07) is 9.07. The number of anilines is 1. The summed E-state index contributed by atoms with van der Waals surface area (Å²) in [5.41, 5.74) is 6.14. The van der Waals surface area contributed by atoms with E-state index in [-0.39, 0.29) is 6.61 Å². The van der Waals surface area contributed by atoms with Crippen molar-refractivity contribution in [3.8, 4) is 5.75 Å². The van der Waals surface area contributed by atoms with Gasteiger partial charge in [-0.25, -0.2) is 0 Å². The molecule has 0 aromatic heterocycles. The van der Waals surface area contributed by atoms with Gasteiger partial charge in [0.1, 0.15) is 5.75 Å². The Kier molecular flexibility index (Phi) is 3.78. The van der Waals surface area contributed by atoms with Crippen molar-refractivity contribution in [3.05, 3.63) is 24.3 Å². The molecular formula is C15H21N3O2. The zero-order valence-electron chi connectivity index (χ0n) is 11.5. The SMILES string of the molecule is NC(=O)COc1ccc(NC2CCN(C3CC3)C2)cc1. The summed E-state index contributed by atoms with van der Waals surface area (Å²) in [6.45, 7) is 2.28. The molecule has 0 bridgehead atoms. The molecule has 1 aromatic carbocycles. The molecule has 1 atom stereocenters. The number of amides is 1. The standard InChI is InChI=1S/C15H21N3O2/c16-15(19)10-20-14-5-1-11(2-6-14)17-12-7-8-18(9-12)13-3-4-13/h1-2,5-6,12-13,17H,3-4,7-10H2,(H2,16,19). The van der Waals surface area contributed by atoms with Gasteiger partial charge in [0.15, 0.2) is 6.61 Å². The van der Waals surface area contributed by atoms with E-state index >= 15 is 0 Å². The molecule has 1 amide bonds. The second-order valence-electron chi connectivity index (χ2n) is 5.64. The molecule has 1 saturated carbocycles. The van der Waals surface area contributed by atoms with Crippen LogP contribution in [0.2, 0.25) is 0 Å². The molecule has 5 nitrogen and oxygen atoms in total. The van der Waals surface area contributed by atoms with Crippen LogP contribution in [0.5, 0.6) is 5.75 Å². The molecule has 1 aliphatic carbocycles. The summed E-state index contributed by atoms with van der Waals surface area (Å²) >= 11 is 0. The van der Waals surface area contributed by atoms with Crippen LogP contribution in [-0.4, -0.2) is 42.6 Å². The Hall–Kier alpha value is -1.75. The van der Waals surface area contributed by atoms with E-state index in [0.29, 0.717) is 11.8 Å². The highest BCUT2D eigenvalue weighted by molar-refractivity contribution is 5.75. The Morgan fingerprint density at radius 2 is 2.05 bits per heavy atom. The predicted octanol–water partition coefficient (Wildman–Crippen LogP) is 1.20. The number of nitrogens with zero attached hydrogens (tertiary/aromatic N) is 1. The van der Waals surface area contributed by atoms with E-state index in [1.54, 1.807) is 0 Å². The van der Waals surface area contributed by atoms with Crippen molar-refractivity contribution in [1.29, 1.82) is 0 Å². The molecule has 108 valence electrons. The van der Waals surface area contributed by atoms with E-state index in [4.69, 9.17) is 10.5 Å². The number of likely N-dealkylation sites (tertiary alicyclic amines) is 1. The third-order valence-electron chi connectivity index (χ3n) is 3.89. The Balaban J connectivity index is 1.49. The Bertz CT molecular complexity index is 471. The van der Waals surface area contributed by atoms with Crippen molar-refractivity contribution >= 4 is 11.6 Å². The monoisotopic (exact) mass is 275 g/mol. The van der Waals surface area contributed by atoms with Gasteiger partial charge in [0.05, 0.1) is 0 Å². The molecule has 1 aromatic rings. The number of ether oxygens (including phenoxy) is 1. The highest BCUT2D eigenvalue weighted by Gasteiger charge is 2.34. The van der Waals surface area contributed by atoms with Crippen molar-refractivity contribution in [2.75, 3.05) is 25.0 Å². The average Bonchev–Trinajstić information content (AvgIpc) is 3.19. The third kappa shape index (κ3) is 3.42. The summed E-state index contributed by atoms with van der Waals surface area (Å²) in [6.07, 6.45) is 3.95.